The molecule has 1 heterocycles. The van der Waals surface area contributed by atoms with E-state index in [4.69, 9.17) is 14.2 Å². The van der Waals surface area contributed by atoms with Gasteiger partial charge < -0.3 is 18.8 Å². The minimum atomic E-state index is -4.02. The van der Waals surface area contributed by atoms with Crippen molar-refractivity contribution in [2.24, 2.45) is 0 Å². The lowest BCUT2D eigenvalue weighted by Gasteiger charge is -2.28. The standard InChI is InChI=1S/C25H36N2O7S/c1-8-26-18(4)22(17(3)23(26)25(29)33-7)24(28)19(5)27(15-10-16-34-9-2)35(30,31)21-13-11-20(32-6)12-14-21/h11-14,19H,8-10,15-16H2,1-7H3/t19-/m1/s1. The van der Waals surface area contributed by atoms with Gasteiger partial charge in [0.15, 0.2) is 5.78 Å². The number of Topliss-reactive ketones (excluding diaryl/α,β-unsaturated/α-hetero) is 1. The minimum Gasteiger partial charge on any atom is -0.497 e. The van der Waals surface area contributed by atoms with Crippen LogP contribution in [0.3, 0.4) is 0 Å². The first kappa shape index (κ1) is 28.5. The lowest BCUT2D eigenvalue weighted by atomic mass is 10.0. The van der Waals surface area contributed by atoms with E-state index in [-0.39, 0.29) is 17.2 Å². The molecule has 0 aliphatic heterocycles. The first-order valence-electron chi connectivity index (χ1n) is 11.6. The third kappa shape index (κ3) is 5.94. The highest BCUT2D eigenvalue weighted by Crippen LogP contribution is 2.28. The number of aromatic nitrogens is 1. The van der Waals surface area contributed by atoms with Gasteiger partial charge in [-0.05, 0) is 70.9 Å². The van der Waals surface area contributed by atoms with Crippen LogP contribution in [0.1, 0.15) is 59.3 Å². The monoisotopic (exact) mass is 508 g/mol. The molecule has 1 aromatic carbocycles. The summed E-state index contributed by atoms with van der Waals surface area (Å²) >= 11 is 0. The molecule has 0 aliphatic rings. The second kappa shape index (κ2) is 12.3. The van der Waals surface area contributed by atoms with Crippen LogP contribution in [0, 0.1) is 13.8 Å². The predicted molar refractivity (Wildman–Crippen MR) is 133 cm³/mol. The number of methoxy groups -OCH3 is 2. The number of benzene rings is 1. The molecule has 0 N–H and O–H groups in total. The first-order chi connectivity index (χ1) is 16.6. The van der Waals surface area contributed by atoms with Crippen molar-refractivity contribution in [3.05, 3.63) is 46.8 Å². The van der Waals surface area contributed by atoms with Crippen LogP contribution in [-0.4, -0.2) is 69.1 Å². The van der Waals surface area contributed by atoms with Crippen LogP contribution in [-0.2, 0) is 26.0 Å². The fourth-order valence-corrected chi connectivity index (χ4v) is 5.86. The van der Waals surface area contributed by atoms with Crippen LogP contribution in [0.15, 0.2) is 29.2 Å². The number of hydrogen-bond acceptors (Lipinski definition) is 7. The Balaban J connectivity index is 2.53. The van der Waals surface area contributed by atoms with Crippen molar-refractivity contribution in [2.45, 2.75) is 58.5 Å². The molecule has 35 heavy (non-hydrogen) atoms. The summed E-state index contributed by atoms with van der Waals surface area (Å²) in [4.78, 5) is 26.2. The van der Waals surface area contributed by atoms with E-state index in [0.717, 1.165) is 0 Å². The Morgan fingerprint density at radius 1 is 1.09 bits per heavy atom. The molecule has 10 heteroatoms. The third-order valence-corrected chi connectivity index (χ3v) is 8.04. The van der Waals surface area contributed by atoms with Crippen LogP contribution in [0.25, 0.3) is 0 Å². The average Bonchev–Trinajstić information content (AvgIpc) is 3.11. The molecule has 0 fully saturated rings. The summed E-state index contributed by atoms with van der Waals surface area (Å²) in [6, 6.07) is 5.03. The number of ether oxygens (including phenoxy) is 3. The maximum Gasteiger partial charge on any atom is 0.354 e. The molecule has 1 atom stereocenters. The molecule has 0 saturated heterocycles. The number of sulfonamides is 1. The van der Waals surface area contributed by atoms with Crippen molar-refractivity contribution in [1.29, 1.82) is 0 Å². The van der Waals surface area contributed by atoms with Gasteiger partial charge in [-0.1, -0.05) is 0 Å². The first-order valence-corrected chi connectivity index (χ1v) is 13.1. The van der Waals surface area contributed by atoms with Crippen molar-refractivity contribution in [3.63, 3.8) is 0 Å². The highest BCUT2D eigenvalue weighted by molar-refractivity contribution is 7.89. The lowest BCUT2D eigenvalue weighted by Crippen LogP contribution is -2.44. The summed E-state index contributed by atoms with van der Waals surface area (Å²) in [6.45, 7) is 10.2. The molecule has 1 aromatic heterocycles. The number of ketones is 1. The quantitative estimate of drug-likeness (QED) is 0.231. The zero-order valence-corrected chi connectivity index (χ0v) is 22.4. The molecule has 0 unspecified atom stereocenters. The molecule has 0 radical (unpaired) electrons. The molecular formula is C25H36N2O7S. The van der Waals surface area contributed by atoms with Crippen LogP contribution in [0.5, 0.6) is 5.75 Å². The summed E-state index contributed by atoms with van der Waals surface area (Å²) in [5, 5.41) is 0. The highest BCUT2D eigenvalue weighted by Gasteiger charge is 2.36. The molecule has 2 rings (SSSR count). The summed E-state index contributed by atoms with van der Waals surface area (Å²) in [5.74, 6) is -0.400. The van der Waals surface area contributed by atoms with Gasteiger partial charge in [-0.25, -0.2) is 13.2 Å². The van der Waals surface area contributed by atoms with Crippen LogP contribution < -0.4 is 4.74 Å². The Kier molecular flexibility index (Phi) is 10.1. The Labute approximate surface area is 208 Å². The molecule has 0 spiro atoms. The number of carbonyl (C=O) groups excluding carboxylic acids is 2. The Bertz CT molecular complexity index is 1140. The van der Waals surface area contributed by atoms with Crippen molar-refractivity contribution < 1.29 is 32.2 Å². The average molecular weight is 509 g/mol. The molecule has 194 valence electrons. The largest absolute Gasteiger partial charge is 0.497 e. The maximum absolute atomic E-state index is 13.8. The summed E-state index contributed by atoms with van der Waals surface area (Å²) in [7, 11) is -1.23. The van der Waals surface area contributed by atoms with E-state index < -0.39 is 22.0 Å². The Morgan fingerprint density at radius 3 is 2.23 bits per heavy atom. The Morgan fingerprint density at radius 2 is 1.71 bits per heavy atom. The fourth-order valence-electron chi connectivity index (χ4n) is 4.22. The lowest BCUT2D eigenvalue weighted by molar-refractivity contribution is 0.0587. The second-order valence-electron chi connectivity index (χ2n) is 8.05. The molecule has 0 aliphatic carbocycles. The smallest absolute Gasteiger partial charge is 0.354 e. The topological polar surface area (TPSA) is 104 Å². The number of nitrogens with zero attached hydrogens (tertiary/aromatic N) is 2. The van der Waals surface area contributed by atoms with Gasteiger partial charge in [0, 0.05) is 37.6 Å². The molecule has 0 bridgehead atoms. The summed E-state index contributed by atoms with van der Waals surface area (Å²) < 4.78 is 45.7. The van der Waals surface area contributed by atoms with E-state index in [1.165, 1.54) is 30.7 Å². The van der Waals surface area contributed by atoms with E-state index >= 15 is 0 Å². The van der Waals surface area contributed by atoms with Gasteiger partial charge in [-0.15, -0.1) is 0 Å². The normalized spacial score (nSPS) is 12.6. The number of carbonyl (C=O) groups is 2. The SMILES string of the molecule is CCOCCCN([C@H](C)C(=O)c1c(C)c(C(=O)OC)n(CC)c1C)S(=O)(=O)c1ccc(OC)cc1. The zero-order chi connectivity index (χ0) is 26.3. The molecule has 0 amide bonds. The van der Waals surface area contributed by atoms with Gasteiger partial charge in [0.05, 0.1) is 25.2 Å². The van der Waals surface area contributed by atoms with E-state index in [1.54, 1.807) is 37.5 Å². The third-order valence-electron chi connectivity index (χ3n) is 6.06. The highest BCUT2D eigenvalue weighted by atomic mass is 32.2. The van der Waals surface area contributed by atoms with E-state index in [2.05, 4.69) is 0 Å². The Hall–Kier alpha value is -2.69. The van der Waals surface area contributed by atoms with E-state index in [9.17, 15) is 18.0 Å². The van der Waals surface area contributed by atoms with Crippen molar-refractivity contribution >= 4 is 21.8 Å². The van der Waals surface area contributed by atoms with E-state index in [1.807, 2.05) is 13.8 Å². The summed E-state index contributed by atoms with van der Waals surface area (Å²) in [6.07, 6.45) is 0.419. The van der Waals surface area contributed by atoms with Gasteiger partial charge in [0.1, 0.15) is 11.4 Å². The fraction of sp³-hybridized carbons (Fsp3) is 0.520. The van der Waals surface area contributed by atoms with E-state index in [0.29, 0.717) is 54.4 Å². The molecular weight excluding hydrogens is 472 g/mol. The predicted octanol–water partition coefficient (Wildman–Crippen LogP) is 3.61. The maximum atomic E-state index is 13.8. The number of rotatable bonds is 13. The molecule has 9 nitrogen and oxygen atoms in total. The van der Waals surface area contributed by atoms with Crippen LogP contribution in [0.2, 0.25) is 0 Å². The zero-order valence-electron chi connectivity index (χ0n) is 21.6. The minimum absolute atomic E-state index is 0.0594. The van der Waals surface area contributed by atoms with Crippen molar-refractivity contribution in [1.82, 2.24) is 8.87 Å². The second-order valence-corrected chi connectivity index (χ2v) is 9.94. The van der Waals surface area contributed by atoms with Gasteiger partial charge in [-0.2, -0.15) is 4.31 Å². The van der Waals surface area contributed by atoms with Gasteiger partial charge in [0.2, 0.25) is 10.0 Å². The van der Waals surface area contributed by atoms with Crippen LogP contribution in [0.4, 0.5) is 0 Å². The van der Waals surface area contributed by atoms with Crippen molar-refractivity contribution in [2.75, 3.05) is 34.0 Å². The molecule has 0 saturated carbocycles. The number of hydrogen-bond donors (Lipinski definition) is 0. The summed E-state index contributed by atoms with van der Waals surface area (Å²) in [5.41, 5.74) is 1.70. The molecule has 2 aromatic rings. The van der Waals surface area contributed by atoms with Gasteiger partial charge in [0.25, 0.3) is 0 Å². The van der Waals surface area contributed by atoms with Crippen LogP contribution >= 0.6 is 0 Å². The van der Waals surface area contributed by atoms with Gasteiger partial charge in [-0.3, -0.25) is 4.79 Å². The van der Waals surface area contributed by atoms with Crippen molar-refractivity contribution in [3.8, 4) is 5.75 Å². The van der Waals surface area contributed by atoms with Gasteiger partial charge >= 0.3 is 5.97 Å². The number of esters is 1.